The molecule has 2 aliphatic heterocycles. The molecule has 8 heteroatoms. The number of sulfone groups is 1. The van der Waals surface area contributed by atoms with Gasteiger partial charge in [-0.25, -0.2) is 13.4 Å². The van der Waals surface area contributed by atoms with Crippen LogP contribution in [0.4, 0.5) is 0 Å². The van der Waals surface area contributed by atoms with Crippen molar-refractivity contribution in [2.24, 2.45) is 11.7 Å². The molecule has 2 aliphatic rings. The molecule has 1 amide bonds. The first kappa shape index (κ1) is 12.5. The Labute approximate surface area is 110 Å². The third kappa shape index (κ3) is 2.00. The van der Waals surface area contributed by atoms with Crippen molar-refractivity contribution in [3.63, 3.8) is 0 Å². The van der Waals surface area contributed by atoms with E-state index in [0.29, 0.717) is 6.54 Å². The Morgan fingerprint density at radius 3 is 2.79 bits per heavy atom. The van der Waals surface area contributed by atoms with E-state index >= 15 is 0 Å². The zero-order chi connectivity index (χ0) is 13.6. The van der Waals surface area contributed by atoms with Crippen LogP contribution >= 0.6 is 0 Å². The average molecular weight is 282 g/mol. The Balaban J connectivity index is 1.82. The quantitative estimate of drug-likeness (QED) is 0.684. The van der Waals surface area contributed by atoms with Crippen LogP contribution in [0.1, 0.15) is 10.5 Å². The Kier molecular flexibility index (Phi) is 2.79. The predicted octanol–water partition coefficient (Wildman–Crippen LogP) is -1.33. The number of nitrogens with two attached hydrogens (primary N) is 1. The summed E-state index contributed by atoms with van der Waals surface area (Å²) < 4.78 is 23.8. The van der Waals surface area contributed by atoms with Gasteiger partial charge in [0.1, 0.15) is 5.69 Å². The topological polar surface area (TPSA) is 106 Å². The summed E-state index contributed by atoms with van der Waals surface area (Å²) in [6.07, 6.45) is 4.30. The molecular formula is C11H14N4O3S. The highest BCUT2D eigenvalue weighted by molar-refractivity contribution is 7.92. The molecule has 2 saturated heterocycles. The summed E-state index contributed by atoms with van der Waals surface area (Å²) in [5.74, 6) is -0.425. The van der Waals surface area contributed by atoms with E-state index in [4.69, 9.17) is 5.73 Å². The van der Waals surface area contributed by atoms with E-state index in [-0.39, 0.29) is 35.9 Å². The SMILES string of the molecule is N[C@@H]1CS(=O)(=O)[C@H]2CN(C(=O)c3cnccn3)C[C@@H]12. The molecule has 102 valence electrons. The van der Waals surface area contributed by atoms with Gasteiger partial charge in [-0.15, -0.1) is 0 Å². The van der Waals surface area contributed by atoms with Crippen LogP contribution in [-0.4, -0.2) is 59.3 Å². The number of rotatable bonds is 1. The van der Waals surface area contributed by atoms with Gasteiger partial charge < -0.3 is 10.6 Å². The van der Waals surface area contributed by atoms with Crippen LogP contribution in [0.15, 0.2) is 18.6 Å². The monoisotopic (exact) mass is 282 g/mol. The molecule has 0 unspecified atom stereocenters. The van der Waals surface area contributed by atoms with Gasteiger partial charge in [0.05, 0.1) is 17.2 Å². The van der Waals surface area contributed by atoms with Crippen molar-refractivity contribution in [2.45, 2.75) is 11.3 Å². The first-order chi connectivity index (χ1) is 8.99. The van der Waals surface area contributed by atoms with Crippen molar-refractivity contribution in [1.82, 2.24) is 14.9 Å². The minimum absolute atomic E-state index is 0.0233. The highest BCUT2D eigenvalue weighted by Gasteiger charge is 2.51. The van der Waals surface area contributed by atoms with E-state index in [9.17, 15) is 13.2 Å². The first-order valence-corrected chi connectivity index (χ1v) is 7.73. The van der Waals surface area contributed by atoms with Gasteiger partial charge in [-0.1, -0.05) is 0 Å². The molecule has 0 aliphatic carbocycles. The number of carbonyl (C=O) groups excluding carboxylic acids is 1. The van der Waals surface area contributed by atoms with E-state index in [1.807, 2.05) is 0 Å². The lowest BCUT2D eigenvalue weighted by Crippen LogP contribution is -2.36. The maximum absolute atomic E-state index is 12.2. The van der Waals surface area contributed by atoms with Crippen LogP contribution in [0.2, 0.25) is 0 Å². The number of nitrogens with zero attached hydrogens (tertiary/aromatic N) is 3. The molecule has 0 aromatic carbocycles. The van der Waals surface area contributed by atoms with Gasteiger partial charge in [0.15, 0.2) is 9.84 Å². The summed E-state index contributed by atoms with van der Waals surface area (Å²) in [6.45, 7) is 0.580. The number of likely N-dealkylation sites (tertiary alicyclic amines) is 1. The van der Waals surface area contributed by atoms with Crippen LogP contribution in [0, 0.1) is 5.92 Å². The molecule has 7 nitrogen and oxygen atoms in total. The second kappa shape index (κ2) is 4.24. The summed E-state index contributed by atoms with van der Waals surface area (Å²) in [4.78, 5) is 21.5. The minimum atomic E-state index is -3.18. The molecule has 0 saturated carbocycles. The third-order valence-corrected chi connectivity index (χ3v) is 6.09. The zero-order valence-corrected chi connectivity index (χ0v) is 11.0. The van der Waals surface area contributed by atoms with Crippen molar-refractivity contribution in [3.8, 4) is 0 Å². The molecule has 3 atom stereocenters. The number of fused-ring (bicyclic) bond motifs is 1. The van der Waals surface area contributed by atoms with Crippen molar-refractivity contribution >= 4 is 15.7 Å². The molecule has 0 bridgehead atoms. The largest absolute Gasteiger partial charge is 0.336 e. The second-order valence-electron chi connectivity index (χ2n) is 5.00. The molecule has 19 heavy (non-hydrogen) atoms. The standard InChI is InChI=1S/C11H14N4O3S/c12-8-6-19(17,18)10-5-15(4-7(8)10)11(16)9-3-13-1-2-14-9/h1-3,7-8,10H,4-6,12H2/t7-,8+,10-/m0/s1. The van der Waals surface area contributed by atoms with Gasteiger partial charge >= 0.3 is 0 Å². The van der Waals surface area contributed by atoms with E-state index < -0.39 is 15.1 Å². The van der Waals surface area contributed by atoms with E-state index in [1.165, 1.54) is 23.5 Å². The molecule has 0 radical (unpaired) electrons. The molecule has 2 fully saturated rings. The number of hydrogen-bond donors (Lipinski definition) is 1. The smallest absolute Gasteiger partial charge is 0.274 e. The van der Waals surface area contributed by atoms with Crippen LogP contribution in [0.5, 0.6) is 0 Å². The highest BCUT2D eigenvalue weighted by Crippen LogP contribution is 2.33. The number of amides is 1. The summed E-state index contributed by atoms with van der Waals surface area (Å²) >= 11 is 0. The maximum atomic E-state index is 12.2. The molecule has 2 N–H and O–H groups in total. The van der Waals surface area contributed by atoms with Crippen LogP contribution in [0.25, 0.3) is 0 Å². The zero-order valence-electron chi connectivity index (χ0n) is 10.1. The van der Waals surface area contributed by atoms with E-state index in [0.717, 1.165) is 0 Å². The highest BCUT2D eigenvalue weighted by atomic mass is 32.2. The van der Waals surface area contributed by atoms with Gasteiger partial charge in [-0.05, 0) is 0 Å². The molecule has 3 rings (SSSR count). The molecule has 0 spiro atoms. The van der Waals surface area contributed by atoms with E-state index in [1.54, 1.807) is 0 Å². The van der Waals surface area contributed by atoms with Crippen LogP contribution in [0.3, 0.4) is 0 Å². The fourth-order valence-corrected chi connectivity index (χ4v) is 5.10. The van der Waals surface area contributed by atoms with Gasteiger partial charge in [-0.2, -0.15) is 0 Å². The van der Waals surface area contributed by atoms with Crippen molar-refractivity contribution < 1.29 is 13.2 Å². The Bertz CT molecular complexity index is 604. The van der Waals surface area contributed by atoms with Crippen LogP contribution in [-0.2, 0) is 9.84 Å². The first-order valence-electron chi connectivity index (χ1n) is 6.01. The summed E-state index contributed by atoms with van der Waals surface area (Å²) in [5, 5.41) is -0.525. The second-order valence-corrected chi connectivity index (χ2v) is 7.26. The summed E-state index contributed by atoms with van der Waals surface area (Å²) in [7, 11) is -3.18. The molecular weight excluding hydrogens is 268 g/mol. The van der Waals surface area contributed by atoms with Gasteiger partial charge in [0, 0.05) is 37.4 Å². The van der Waals surface area contributed by atoms with Gasteiger partial charge in [0.25, 0.3) is 5.91 Å². The number of aromatic nitrogens is 2. The lowest BCUT2D eigenvalue weighted by atomic mass is 10.0. The minimum Gasteiger partial charge on any atom is -0.336 e. The van der Waals surface area contributed by atoms with Gasteiger partial charge in [0.2, 0.25) is 0 Å². The van der Waals surface area contributed by atoms with Crippen molar-refractivity contribution in [2.75, 3.05) is 18.8 Å². The Morgan fingerprint density at radius 2 is 2.16 bits per heavy atom. The molecule has 3 heterocycles. The Morgan fingerprint density at radius 1 is 1.37 bits per heavy atom. The molecule has 1 aromatic heterocycles. The number of carbonyl (C=O) groups is 1. The summed E-state index contributed by atoms with van der Waals surface area (Å²) in [5.41, 5.74) is 6.08. The van der Waals surface area contributed by atoms with Crippen molar-refractivity contribution in [3.05, 3.63) is 24.3 Å². The predicted molar refractivity (Wildman–Crippen MR) is 67.0 cm³/mol. The fraction of sp³-hybridized carbons (Fsp3) is 0.545. The van der Waals surface area contributed by atoms with Gasteiger partial charge in [-0.3, -0.25) is 9.78 Å². The number of hydrogen-bond acceptors (Lipinski definition) is 6. The Hall–Kier alpha value is -1.54. The average Bonchev–Trinajstić information content (AvgIpc) is 2.91. The lowest BCUT2D eigenvalue weighted by molar-refractivity contribution is 0.0779. The van der Waals surface area contributed by atoms with E-state index in [2.05, 4.69) is 9.97 Å². The third-order valence-electron chi connectivity index (χ3n) is 3.81. The van der Waals surface area contributed by atoms with Crippen LogP contribution < -0.4 is 5.73 Å². The molecule has 1 aromatic rings. The summed E-state index contributed by atoms with van der Waals surface area (Å²) in [6, 6.07) is -0.380. The van der Waals surface area contributed by atoms with Crippen molar-refractivity contribution in [1.29, 1.82) is 0 Å². The normalized spacial score (nSPS) is 32.3. The fourth-order valence-electron chi connectivity index (χ4n) is 2.84. The lowest BCUT2D eigenvalue weighted by Gasteiger charge is -2.17. The maximum Gasteiger partial charge on any atom is 0.274 e.